The molecular formula is C12H18N4O. The molecule has 0 saturated carbocycles. The Hall–Kier alpha value is -1.80. The van der Waals surface area contributed by atoms with Crippen molar-refractivity contribution in [2.24, 2.45) is 5.84 Å². The number of hydrogen-bond acceptors (Lipinski definition) is 5. The minimum atomic E-state index is -0.714. The Morgan fingerprint density at radius 2 is 2.12 bits per heavy atom. The zero-order valence-electron chi connectivity index (χ0n) is 10.6. The molecule has 92 valence electrons. The van der Waals surface area contributed by atoms with Gasteiger partial charge in [0.25, 0.3) is 0 Å². The van der Waals surface area contributed by atoms with Gasteiger partial charge in [-0.2, -0.15) is 4.98 Å². The third-order valence-electron chi connectivity index (χ3n) is 2.09. The molecule has 0 fully saturated rings. The van der Waals surface area contributed by atoms with E-state index in [2.05, 4.69) is 21.3 Å². The molecule has 0 atom stereocenters. The van der Waals surface area contributed by atoms with Gasteiger partial charge in [-0.05, 0) is 13.8 Å². The van der Waals surface area contributed by atoms with Crippen molar-refractivity contribution in [3.8, 4) is 18.2 Å². The van der Waals surface area contributed by atoms with E-state index in [1.165, 1.54) is 0 Å². The summed E-state index contributed by atoms with van der Waals surface area (Å²) >= 11 is 0. The molecule has 0 aliphatic heterocycles. The summed E-state index contributed by atoms with van der Waals surface area (Å²) in [5.74, 6) is 9.65. The van der Waals surface area contributed by atoms with Gasteiger partial charge in [0.15, 0.2) is 5.60 Å². The molecule has 17 heavy (non-hydrogen) atoms. The van der Waals surface area contributed by atoms with Gasteiger partial charge in [-0.25, -0.2) is 10.8 Å². The predicted octanol–water partition coefficient (Wildman–Crippen LogP) is 1.68. The van der Waals surface area contributed by atoms with Crippen LogP contribution in [-0.2, 0) is 0 Å². The van der Waals surface area contributed by atoms with E-state index in [0.717, 1.165) is 0 Å². The second kappa shape index (κ2) is 5.02. The van der Waals surface area contributed by atoms with Crippen molar-refractivity contribution in [3.05, 3.63) is 11.9 Å². The fourth-order valence-corrected chi connectivity index (χ4v) is 1.12. The second-order valence-electron chi connectivity index (χ2n) is 4.51. The van der Waals surface area contributed by atoms with Crippen LogP contribution in [-0.4, -0.2) is 15.6 Å². The predicted molar refractivity (Wildman–Crippen MR) is 67.5 cm³/mol. The van der Waals surface area contributed by atoms with Gasteiger partial charge in [0.2, 0.25) is 5.88 Å². The fraction of sp³-hybridized carbons (Fsp3) is 0.500. The molecule has 0 aromatic carbocycles. The summed E-state index contributed by atoms with van der Waals surface area (Å²) in [5.41, 5.74) is 1.77. The van der Waals surface area contributed by atoms with Gasteiger partial charge in [0.1, 0.15) is 11.6 Å². The number of terminal acetylenes is 1. The molecule has 0 radical (unpaired) electrons. The Morgan fingerprint density at radius 1 is 1.47 bits per heavy atom. The summed E-state index contributed by atoms with van der Waals surface area (Å²) in [5, 5.41) is 0. The largest absolute Gasteiger partial charge is 0.458 e. The summed E-state index contributed by atoms with van der Waals surface area (Å²) in [6.07, 6.45) is 5.36. The summed E-state index contributed by atoms with van der Waals surface area (Å²) in [7, 11) is 0. The van der Waals surface area contributed by atoms with Crippen LogP contribution in [0.1, 0.15) is 39.4 Å². The molecule has 5 nitrogen and oxygen atoms in total. The Labute approximate surface area is 102 Å². The van der Waals surface area contributed by atoms with Crippen LogP contribution in [0.5, 0.6) is 5.88 Å². The number of hydrogen-bond donors (Lipinski definition) is 2. The van der Waals surface area contributed by atoms with E-state index in [1.54, 1.807) is 19.9 Å². The van der Waals surface area contributed by atoms with Gasteiger partial charge in [-0.15, -0.1) is 6.42 Å². The van der Waals surface area contributed by atoms with Gasteiger partial charge < -0.3 is 10.2 Å². The molecule has 0 aliphatic rings. The average molecular weight is 234 g/mol. The van der Waals surface area contributed by atoms with Crippen LogP contribution >= 0.6 is 0 Å². The van der Waals surface area contributed by atoms with Crippen molar-refractivity contribution in [3.63, 3.8) is 0 Å². The number of hydrazine groups is 1. The van der Waals surface area contributed by atoms with E-state index in [9.17, 15) is 0 Å². The molecule has 0 unspecified atom stereocenters. The maximum atomic E-state index is 5.60. The number of anilines is 1. The lowest BCUT2D eigenvalue weighted by atomic mass is 10.1. The van der Waals surface area contributed by atoms with Crippen molar-refractivity contribution in [1.29, 1.82) is 0 Å². The van der Waals surface area contributed by atoms with Gasteiger partial charge in [0, 0.05) is 12.0 Å². The average Bonchev–Trinajstić information content (AvgIpc) is 2.28. The highest BCUT2D eigenvalue weighted by molar-refractivity contribution is 5.37. The summed E-state index contributed by atoms with van der Waals surface area (Å²) in [4.78, 5) is 8.52. The molecular weight excluding hydrogens is 216 g/mol. The van der Waals surface area contributed by atoms with Crippen LogP contribution in [0.4, 0.5) is 5.82 Å². The maximum Gasteiger partial charge on any atom is 0.220 e. The van der Waals surface area contributed by atoms with Crippen LogP contribution in [0.15, 0.2) is 6.07 Å². The zero-order chi connectivity index (χ0) is 13.1. The lowest BCUT2D eigenvalue weighted by molar-refractivity contribution is 0.164. The first-order chi connectivity index (χ1) is 7.88. The number of nitrogen functional groups attached to an aromatic ring is 1. The number of rotatable bonds is 4. The Balaban J connectivity index is 3.08. The first-order valence-corrected chi connectivity index (χ1v) is 5.40. The number of ether oxygens (including phenoxy) is 1. The first kappa shape index (κ1) is 13.3. The molecule has 0 amide bonds. The Morgan fingerprint density at radius 3 is 2.59 bits per heavy atom. The van der Waals surface area contributed by atoms with Crippen LogP contribution in [0.3, 0.4) is 0 Å². The lowest BCUT2D eigenvalue weighted by Gasteiger charge is -2.20. The van der Waals surface area contributed by atoms with Gasteiger partial charge in [-0.1, -0.05) is 19.8 Å². The highest BCUT2D eigenvalue weighted by Gasteiger charge is 2.18. The number of nitrogens with zero attached hydrogens (tertiary/aromatic N) is 2. The molecule has 3 N–H and O–H groups in total. The van der Waals surface area contributed by atoms with E-state index < -0.39 is 5.60 Å². The quantitative estimate of drug-likeness (QED) is 0.471. The molecule has 5 heteroatoms. The summed E-state index contributed by atoms with van der Waals surface area (Å²) in [6, 6.07) is 1.62. The summed E-state index contributed by atoms with van der Waals surface area (Å²) < 4.78 is 5.60. The van der Waals surface area contributed by atoms with Crippen LogP contribution in [0.25, 0.3) is 0 Å². The minimum Gasteiger partial charge on any atom is -0.458 e. The molecule has 0 saturated heterocycles. The summed E-state index contributed by atoms with van der Waals surface area (Å²) in [6.45, 7) is 7.57. The molecule has 1 heterocycles. The Bertz CT molecular complexity index is 435. The monoisotopic (exact) mass is 234 g/mol. The molecule has 0 aliphatic carbocycles. The maximum absolute atomic E-state index is 5.60. The fourth-order valence-electron chi connectivity index (χ4n) is 1.12. The van der Waals surface area contributed by atoms with Gasteiger partial charge in [-0.3, -0.25) is 0 Å². The van der Waals surface area contributed by atoms with Gasteiger partial charge >= 0.3 is 0 Å². The van der Waals surface area contributed by atoms with Gasteiger partial charge in [0.05, 0.1) is 0 Å². The Kier molecular flexibility index (Phi) is 3.92. The normalized spacial score (nSPS) is 11.1. The zero-order valence-corrected chi connectivity index (χ0v) is 10.6. The lowest BCUT2D eigenvalue weighted by Crippen LogP contribution is -2.26. The van der Waals surface area contributed by atoms with Crippen molar-refractivity contribution in [2.45, 2.75) is 39.2 Å². The van der Waals surface area contributed by atoms with Crippen LogP contribution in [0.2, 0.25) is 0 Å². The minimum absolute atomic E-state index is 0.180. The number of nitrogens with two attached hydrogens (primary N) is 1. The van der Waals surface area contributed by atoms with E-state index in [4.69, 9.17) is 17.0 Å². The highest BCUT2D eigenvalue weighted by atomic mass is 16.5. The molecule has 0 bridgehead atoms. The standard InChI is InChI=1S/C12H18N4O/c1-6-12(4,5)17-10-7-9(16-13)14-11(15-10)8(2)3/h1,7-8H,13H2,2-5H3,(H,14,15,16). The molecule has 1 rings (SSSR count). The van der Waals surface area contributed by atoms with E-state index in [1.807, 2.05) is 13.8 Å². The van der Waals surface area contributed by atoms with Crippen LogP contribution in [0, 0.1) is 12.3 Å². The third-order valence-corrected chi connectivity index (χ3v) is 2.09. The topological polar surface area (TPSA) is 73.1 Å². The smallest absolute Gasteiger partial charge is 0.220 e. The van der Waals surface area contributed by atoms with E-state index in [0.29, 0.717) is 17.5 Å². The van der Waals surface area contributed by atoms with E-state index >= 15 is 0 Å². The number of aromatic nitrogens is 2. The van der Waals surface area contributed by atoms with Crippen molar-refractivity contribution in [1.82, 2.24) is 9.97 Å². The molecule has 1 aromatic rings. The van der Waals surface area contributed by atoms with E-state index in [-0.39, 0.29) is 5.92 Å². The molecule has 0 spiro atoms. The SMILES string of the molecule is C#CC(C)(C)Oc1cc(NN)nc(C(C)C)n1. The van der Waals surface area contributed by atoms with Crippen molar-refractivity contribution >= 4 is 5.82 Å². The molecule has 1 aromatic heterocycles. The van der Waals surface area contributed by atoms with Crippen molar-refractivity contribution < 1.29 is 4.74 Å². The second-order valence-corrected chi connectivity index (χ2v) is 4.51. The highest BCUT2D eigenvalue weighted by Crippen LogP contribution is 2.21. The third kappa shape index (κ3) is 3.61. The number of nitrogens with one attached hydrogen (secondary N) is 1. The van der Waals surface area contributed by atoms with Crippen LogP contribution < -0.4 is 16.0 Å². The first-order valence-electron chi connectivity index (χ1n) is 5.40. The van der Waals surface area contributed by atoms with Crippen molar-refractivity contribution in [2.75, 3.05) is 5.43 Å².